The van der Waals surface area contributed by atoms with E-state index in [0.29, 0.717) is 6.42 Å². The van der Waals surface area contributed by atoms with E-state index in [4.69, 9.17) is 11.5 Å². The van der Waals surface area contributed by atoms with Gasteiger partial charge < -0.3 is 16.6 Å². The summed E-state index contributed by atoms with van der Waals surface area (Å²) in [7, 11) is 0. The summed E-state index contributed by atoms with van der Waals surface area (Å²) in [6, 6.07) is -0.713. The summed E-state index contributed by atoms with van der Waals surface area (Å²) in [5.41, 5.74) is 9.92. The molecule has 0 aromatic heterocycles. The Morgan fingerprint density at radius 3 is 2.69 bits per heavy atom. The lowest BCUT2D eigenvalue weighted by Gasteiger charge is -2.39. The van der Waals surface area contributed by atoms with Gasteiger partial charge in [-0.05, 0) is 19.8 Å². The van der Waals surface area contributed by atoms with Gasteiger partial charge in [0.1, 0.15) is 0 Å². The highest BCUT2D eigenvalue weighted by atomic mass is 16.3. The normalized spacial score (nSPS) is 37.0. The van der Waals surface area contributed by atoms with Crippen molar-refractivity contribution in [1.82, 2.24) is 0 Å². The van der Waals surface area contributed by atoms with E-state index in [-0.39, 0.29) is 5.92 Å². The van der Waals surface area contributed by atoms with Crippen molar-refractivity contribution < 1.29 is 9.90 Å². The van der Waals surface area contributed by atoms with Crippen LogP contribution in [0.1, 0.15) is 32.6 Å². The molecule has 0 spiro atoms. The molecule has 0 radical (unpaired) electrons. The lowest BCUT2D eigenvalue weighted by Crippen LogP contribution is -2.53. The van der Waals surface area contributed by atoms with Gasteiger partial charge >= 0.3 is 0 Å². The smallest absolute Gasteiger partial charge is 0.234 e. The van der Waals surface area contributed by atoms with Crippen molar-refractivity contribution in [3.05, 3.63) is 0 Å². The minimum absolute atomic E-state index is 0.182. The predicted molar refractivity (Wildman–Crippen MR) is 49.8 cm³/mol. The lowest BCUT2D eigenvalue weighted by molar-refractivity contribution is -0.125. The molecule has 4 nitrogen and oxygen atoms in total. The van der Waals surface area contributed by atoms with Crippen molar-refractivity contribution >= 4 is 5.91 Å². The van der Waals surface area contributed by atoms with Gasteiger partial charge in [0.15, 0.2) is 0 Å². The van der Waals surface area contributed by atoms with E-state index in [1.807, 2.05) is 0 Å². The molecule has 5 N–H and O–H groups in total. The third-order valence-corrected chi connectivity index (χ3v) is 3.01. The van der Waals surface area contributed by atoms with Crippen LogP contribution in [0.3, 0.4) is 0 Å². The molecule has 0 saturated heterocycles. The predicted octanol–water partition coefficient (Wildman–Crippen LogP) is -0.260. The maximum atomic E-state index is 10.9. The number of nitrogens with two attached hydrogens (primary N) is 2. The summed E-state index contributed by atoms with van der Waals surface area (Å²) in [5, 5.41) is 9.97. The van der Waals surface area contributed by atoms with Gasteiger partial charge in [0.05, 0.1) is 11.6 Å². The molecule has 3 atom stereocenters. The second-order valence-electron chi connectivity index (χ2n) is 4.14. The zero-order valence-corrected chi connectivity index (χ0v) is 7.99. The number of carbonyl (C=O) groups is 1. The molecule has 1 aliphatic rings. The molecule has 0 aromatic rings. The van der Waals surface area contributed by atoms with Gasteiger partial charge in [-0.25, -0.2) is 0 Å². The van der Waals surface area contributed by atoms with Gasteiger partial charge in [0.25, 0.3) is 0 Å². The zero-order chi connectivity index (χ0) is 10.1. The second-order valence-corrected chi connectivity index (χ2v) is 4.14. The molecule has 0 aromatic carbocycles. The molecule has 0 bridgehead atoms. The highest BCUT2D eigenvalue weighted by Gasteiger charge is 2.39. The summed E-state index contributed by atoms with van der Waals surface area (Å²) < 4.78 is 0. The van der Waals surface area contributed by atoms with E-state index in [9.17, 15) is 9.90 Å². The van der Waals surface area contributed by atoms with Gasteiger partial charge in [-0.1, -0.05) is 12.8 Å². The lowest BCUT2D eigenvalue weighted by atomic mass is 9.73. The van der Waals surface area contributed by atoms with Crippen LogP contribution < -0.4 is 11.5 Å². The number of rotatable bonds is 2. The van der Waals surface area contributed by atoms with Gasteiger partial charge in [0.2, 0.25) is 5.91 Å². The van der Waals surface area contributed by atoms with Crippen LogP contribution >= 0.6 is 0 Å². The third-order valence-electron chi connectivity index (χ3n) is 3.01. The summed E-state index contributed by atoms with van der Waals surface area (Å²) in [6.45, 7) is 1.74. The summed E-state index contributed by atoms with van der Waals surface area (Å²) in [5.74, 6) is -0.703. The minimum atomic E-state index is -0.827. The molecule has 1 aliphatic carbocycles. The average Bonchev–Trinajstić information content (AvgIpc) is 2.02. The fourth-order valence-electron chi connectivity index (χ4n) is 2.11. The first-order valence-corrected chi connectivity index (χ1v) is 4.72. The molecule has 0 aliphatic heterocycles. The van der Waals surface area contributed by atoms with Crippen LogP contribution in [-0.2, 0) is 4.79 Å². The Balaban J connectivity index is 2.70. The van der Waals surface area contributed by atoms with E-state index in [2.05, 4.69) is 0 Å². The molecular weight excluding hydrogens is 168 g/mol. The molecule has 4 heteroatoms. The molecule has 13 heavy (non-hydrogen) atoms. The van der Waals surface area contributed by atoms with Crippen molar-refractivity contribution in [2.24, 2.45) is 17.4 Å². The van der Waals surface area contributed by atoms with Gasteiger partial charge in [-0.15, -0.1) is 0 Å². The Bertz CT molecular complexity index is 204. The highest BCUT2D eigenvalue weighted by Crippen LogP contribution is 2.34. The standard InChI is InChI=1S/C9H18N2O2/c1-9(13)5-3-2-4-6(9)7(10)8(11)12/h6-7,13H,2-5,10H2,1H3,(H2,11,12). The number of primary amides is 1. The maximum Gasteiger partial charge on any atom is 0.234 e. The molecule has 1 fully saturated rings. The minimum Gasteiger partial charge on any atom is -0.390 e. The van der Waals surface area contributed by atoms with Crippen molar-refractivity contribution in [3.63, 3.8) is 0 Å². The van der Waals surface area contributed by atoms with Gasteiger partial charge in [0, 0.05) is 5.92 Å². The first-order chi connectivity index (χ1) is 5.95. The molecule has 1 saturated carbocycles. The van der Waals surface area contributed by atoms with E-state index < -0.39 is 17.6 Å². The van der Waals surface area contributed by atoms with Gasteiger partial charge in [-0.3, -0.25) is 4.79 Å². The quantitative estimate of drug-likeness (QED) is 0.555. The van der Waals surface area contributed by atoms with Crippen molar-refractivity contribution in [3.8, 4) is 0 Å². The molecule has 3 unspecified atom stereocenters. The summed E-state index contributed by atoms with van der Waals surface area (Å²) in [6.07, 6.45) is 3.51. The Morgan fingerprint density at radius 1 is 1.62 bits per heavy atom. The first-order valence-electron chi connectivity index (χ1n) is 4.72. The molecule has 1 amide bonds. The fourth-order valence-corrected chi connectivity index (χ4v) is 2.11. The van der Waals surface area contributed by atoms with Crippen LogP contribution in [-0.4, -0.2) is 22.7 Å². The first kappa shape index (κ1) is 10.5. The van der Waals surface area contributed by atoms with Crippen LogP contribution in [0.5, 0.6) is 0 Å². The van der Waals surface area contributed by atoms with Crippen LogP contribution in [0.4, 0.5) is 0 Å². The Labute approximate surface area is 78.3 Å². The van der Waals surface area contributed by atoms with E-state index in [1.54, 1.807) is 6.92 Å². The Hall–Kier alpha value is -0.610. The van der Waals surface area contributed by atoms with Crippen LogP contribution in [0, 0.1) is 5.92 Å². The summed E-state index contributed by atoms with van der Waals surface area (Å²) in [4.78, 5) is 10.9. The third kappa shape index (κ3) is 2.19. The highest BCUT2D eigenvalue weighted by molar-refractivity contribution is 5.80. The Morgan fingerprint density at radius 2 is 2.23 bits per heavy atom. The number of aliphatic hydroxyl groups is 1. The number of amides is 1. The van der Waals surface area contributed by atoms with E-state index in [1.165, 1.54) is 0 Å². The van der Waals surface area contributed by atoms with Gasteiger partial charge in [-0.2, -0.15) is 0 Å². The van der Waals surface area contributed by atoms with Crippen molar-refractivity contribution in [2.45, 2.75) is 44.2 Å². The average molecular weight is 186 g/mol. The Kier molecular flexibility index (Phi) is 2.93. The maximum absolute atomic E-state index is 10.9. The topological polar surface area (TPSA) is 89.3 Å². The number of hydrogen-bond acceptors (Lipinski definition) is 3. The molecule has 0 heterocycles. The largest absolute Gasteiger partial charge is 0.390 e. The van der Waals surface area contributed by atoms with Crippen LogP contribution in [0.25, 0.3) is 0 Å². The second kappa shape index (κ2) is 3.64. The molecular formula is C9H18N2O2. The van der Waals surface area contributed by atoms with Crippen molar-refractivity contribution in [1.29, 1.82) is 0 Å². The van der Waals surface area contributed by atoms with Crippen molar-refractivity contribution in [2.75, 3.05) is 0 Å². The van der Waals surface area contributed by atoms with E-state index in [0.717, 1.165) is 19.3 Å². The van der Waals surface area contributed by atoms with Crippen LogP contribution in [0.2, 0.25) is 0 Å². The SMILES string of the molecule is CC1(O)CCCCC1C(N)C(N)=O. The molecule has 1 rings (SSSR count). The number of hydrogen-bond donors (Lipinski definition) is 3. The monoisotopic (exact) mass is 186 g/mol. The van der Waals surface area contributed by atoms with E-state index >= 15 is 0 Å². The zero-order valence-electron chi connectivity index (χ0n) is 7.99. The number of carbonyl (C=O) groups excluding carboxylic acids is 1. The molecule has 76 valence electrons. The van der Waals surface area contributed by atoms with Crippen LogP contribution in [0.15, 0.2) is 0 Å². The fraction of sp³-hybridized carbons (Fsp3) is 0.889. The summed E-state index contributed by atoms with van der Waals surface area (Å²) >= 11 is 0.